The van der Waals surface area contributed by atoms with Crippen molar-refractivity contribution < 1.29 is 13.2 Å². The molecule has 0 radical (unpaired) electrons. The number of aryl methyl sites for hydroxylation is 1. The zero-order valence-corrected chi connectivity index (χ0v) is 19.2. The van der Waals surface area contributed by atoms with Gasteiger partial charge in [0.2, 0.25) is 0 Å². The summed E-state index contributed by atoms with van der Waals surface area (Å²) in [5.41, 5.74) is 3.89. The summed E-state index contributed by atoms with van der Waals surface area (Å²) >= 11 is 1.08. The van der Waals surface area contributed by atoms with Gasteiger partial charge in [-0.2, -0.15) is 13.2 Å². The van der Waals surface area contributed by atoms with Crippen molar-refractivity contribution >= 4 is 38.3 Å². The van der Waals surface area contributed by atoms with Gasteiger partial charge < -0.3 is 10.3 Å². The Balaban J connectivity index is 1.23. The second-order valence-electron chi connectivity index (χ2n) is 8.65. The Morgan fingerprint density at radius 3 is 2.73 bits per heavy atom. The summed E-state index contributed by atoms with van der Waals surface area (Å²) in [6.45, 7) is 4.98. The van der Waals surface area contributed by atoms with Crippen molar-refractivity contribution in [2.45, 2.75) is 51.4 Å². The Morgan fingerprint density at radius 1 is 1.15 bits per heavy atom. The lowest BCUT2D eigenvalue weighted by molar-refractivity contribution is -0.126. The first-order valence-electron chi connectivity index (χ1n) is 11.3. The van der Waals surface area contributed by atoms with E-state index in [4.69, 9.17) is 0 Å². The van der Waals surface area contributed by atoms with Gasteiger partial charge in [0.15, 0.2) is 0 Å². The number of hydrogen-bond acceptors (Lipinski definition) is 5. The van der Waals surface area contributed by atoms with E-state index in [2.05, 4.69) is 56.5 Å². The Bertz CT molecular complexity index is 1250. The predicted octanol–water partition coefficient (Wildman–Crippen LogP) is 5.92. The maximum absolute atomic E-state index is 12.8. The first kappa shape index (κ1) is 22.2. The number of rotatable bonds is 6. The third kappa shape index (κ3) is 4.84. The maximum Gasteiger partial charge on any atom is 0.393 e. The van der Waals surface area contributed by atoms with Crippen LogP contribution in [0, 0.1) is 0 Å². The molecule has 0 spiro atoms. The van der Waals surface area contributed by atoms with Crippen LogP contribution in [-0.2, 0) is 19.4 Å². The van der Waals surface area contributed by atoms with E-state index < -0.39 is 12.6 Å². The standard InChI is InChI=1S/C24H26F3N5S/c1-2-15-4-3-5-19-16(12-28-21(15)19)13-32-8-6-17(7-9-32)31-22-20-10-18(11-24(25,26)27)33-23(20)30-14-29-22/h3-5,10,12,14,17,28H,2,6-9,11,13H2,1H3,(H,29,30,31). The van der Waals surface area contributed by atoms with E-state index in [0.717, 1.165) is 50.2 Å². The summed E-state index contributed by atoms with van der Waals surface area (Å²) in [6.07, 6.45) is 1.31. The Morgan fingerprint density at radius 2 is 1.97 bits per heavy atom. The fraction of sp³-hybridized carbons (Fsp3) is 0.417. The van der Waals surface area contributed by atoms with Crippen LogP contribution in [0.15, 0.2) is 36.8 Å². The van der Waals surface area contributed by atoms with E-state index >= 15 is 0 Å². The number of benzene rings is 1. The highest BCUT2D eigenvalue weighted by Crippen LogP contribution is 2.33. The molecule has 1 fully saturated rings. The van der Waals surface area contributed by atoms with Crippen LogP contribution < -0.4 is 5.32 Å². The molecule has 0 atom stereocenters. The van der Waals surface area contributed by atoms with E-state index in [1.807, 2.05) is 0 Å². The molecule has 0 saturated carbocycles. The van der Waals surface area contributed by atoms with E-state index in [-0.39, 0.29) is 10.9 Å². The average Bonchev–Trinajstić information content (AvgIpc) is 3.38. The number of nitrogens with one attached hydrogen (secondary N) is 2. The SMILES string of the molecule is CCc1cccc2c(CN3CCC(Nc4ncnc5sc(CC(F)(F)F)cc45)CC3)c[nH]c12. The Hall–Kier alpha value is -2.65. The minimum absolute atomic E-state index is 0.236. The number of H-pyrrole nitrogens is 1. The molecule has 4 aromatic rings. The molecule has 0 aliphatic carbocycles. The van der Waals surface area contributed by atoms with Crippen molar-refractivity contribution in [1.29, 1.82) is 0 Å². The number of aromatic nitrogens is 3. The molecule has 1 aliphatic rings. The molecule has 33 heavy (non-hydrogen) atoms. The molecule has 5 nitrogen and oxygen atoms in total. The smallest absolute Gasteiger partial charge is 0.367 e. The number of alkyl halides is 3. The van der Waals surface area contributed by atoms with Crippen molar-refractivity contribution in [2.24, 2.45) is 0 Å². The van der Waals surface area contributed by atoms with Crippen LogP contribution >= 0.6 is 11.3 Å². The van der Waals surface area contributed by atoms with E-state index in [9.17, 15) is 13.2 Å². The van der Waals surface area contributed by atoms with Crippen LogP contribution in [0.1, 0.15) is 35.8 Å². The van der Waals surface area contributed by atoms with Gasteiger partial charge in [-0.1, -0.05) is 25.1 Å². The quantitative estimate of drug-likeness (QED) is 0.365. The summed E-state index contributed by atoms with van der Waals surface area (Å²) in [5.74, 6) is 0.631. The van der Waals surface area contributed by atoms with Gasteiger partial charge in [0.1, 0.15) is 17.0 Å². The van der Waals surface area contributed by atoms with Gasteiger partial charge in [-0.25, -0.2) is 9.97 Å². The number of likely N-dealkylation sites (tertiary alicyclic amines) is 1. The van der Waals surface area contributed by atoms with Crippen molar-refractivity contribution in [3.05, 3.63) is 52.8 Å². The van der Waals surface area contributed by atoms with Crippen LogP contribution in [0.2, 0.25) is 0 Å². The van der Waals surface area contributed by atoms with E-state index in [1.54, 1.807) is 6.07 Å². The monoisotopic (exact) mass is 473 g/mol. The summed E-state index contributed by atoms with van der Waals surface area (Å²) in [7, 11) is 0. The zero-order valence-electron chi connectivity index (χ0n) is 18.4. The number of thiophene rings is 1. The van der Waals surface area contributed by atoms with Crippen LogP contribution in [0.3, 0.4) is 0 Å². The zero-order chi connectivity index (χ0) is 23.0. The number of piperidine rings is 1. The molecule has 4 heterocycles. The first-order valence-corrected chi connectivity index (χ1v) is 12.1. The molecule has 0 amide bonds. The van der Waals surface area contributed by atoms with E-state index in [0.29, 0.717) is 16.0 Å². The van der Waals surface area contributed by atoms with Crippen LogP contribution in [-0.4, -0.2) is 45.2 Å². The van der Waals surface area contributed by atoms with Crippen molar-refractivity contribution in [3.63, 3.8) is 0 Å². The van der Waals surface area contributed by atoms with Gasteiger partial charge in [-0.3, -0.25) is 4.90 Å². The molecule has 2 N–H and O–H groups in total. The minimum atomic E-state index is -4.22. The number of fused-ring (bicyclic) bond motifs is 2. The number of aromatic amines is 1. The third-order valence-electron chi connectivity index (χ3n) is 6.35. The molecule has 1 saturated heterocycles. The lowest BCUT2D eigenvalue weighted by Crippen LogP contribution is -2.38. The largest absolute Gasteiger partial charge is 0.393 e. The number of anilines is 1. The second kappa shape index (κ2) is 8.95. The van der Waals surface area contributed by atoms with Crippen molar-refractivity contribution in [1.82, 2.24) is 19.9 Å². The fourth-order valence-electron chi connectivity index (χ4n) is 4.68. The number of hydrogen-bond donors (Lipinski definition) is 2. The summed E-state index contributed by atoms with van der Waals surface area (Å²) in [4.78, 5) is 15.3. The van der Waals surface area contributed by atoms with Gasteiger partial charge in [-0.05, 0) is 36.5 Å². The lowest BCUT2D eigenvalue weighted by Gasteiger charge is -2.32. The van der Waals surface area contributed by atoms with Crippen molar-refractivity contribution in [2.75, 3.05) is 18.4 Å². The Labute approximate surface area is 194 Å². The summed E-state index contributed by atoms with van der Waals surface area (Å²) in [6, 6.07) is 8.29. The van der Waals surface area contributed by atoms with Crippen molar-refractivity contribution in [3.8, 4) is 0 Å². The number of nitrogens with zero attached hydrogens (tertiary/aromatic N) is 3. The average molecular weight is 474 g/mol. The molecule has 0 unspecified atom stereocenters. The van der Waals surface area contributed by atoms with Crippen LogP contribution in [0.25, 0.3) is 21.1 Å². The third-order valence-corrected chi connectivity index (χ3v) is 7.39. The van der Waals surface area contributed by atoms with Gasteiger partial charge in [0.25, 0.3) is 0 Å². The molecular formula is C24H26F3N5S. The molecule has 1 aliphatic heterocycles. The predicted molar refractivity (Wildman–Crippen MR) is 127 cm³/mol. The lowest BCUT2D eigenvalue weighted by atomic mass is 10.0. The highest BCUT2D eigenvalue weighted by atomic mass is 32.1. The highest BCUT2D eigenvalue weighted by molar-refractivity contribution is 7.18. The second-order valence-corrected chi connectivity index (χ2v) is 9.76. The topological polar surface area (TPSA) is 56.8 Å². The fourth-order valence-corrected chi connectivity index (χ4v) is 5.70. The molecule has 174 valence electrons. The van der Waals surface area contributed by atoms with Crippen LogP contribution in [0.5, 0.6) is 0 Å². The molecule has 0 bridgehead atoms. The summed E-state index contributed by atoms with van der Waals surface area (Å²) < 4.78 is 38.4. The van der Waals surface area contributed by atoms with Gasteiger partial charge in [-0.15, -0.1) is 11.3 Å². The normalized spacial score (nSPS) is 16.1. The molecular weight excluding hydrogens is 447 g/mol. The number of halogens is 3. The number of para-hydroxylation sites is 1. The maximum atomic E-state index is 12.8. The molecule has 9 heteroatoms. The molecule has 5 rings (SSSR count). The molecule has 3 aromatic heterocycles. The minimum Gasteiger partial charge on any atom is -0.367 e. The highest BCUT2D eigenvalue weighted by Gasteiger charge is 2.29. The Kier molecular flexibility index (Phi) is 6.01. The van der Waals surface area contributed by atoms with Crippen LogP contribution in [0.4, 0.5) is 19.0 Å². The first-order chi connectivity index (χ1) is 15.9. The van der Waals surface area contributed by atoms with Gasteiger partial charge >= 0.3 is 6.18 Å². The molecule has 1 aromatic carbocycles. The summed E-state index contributed by atoms with van der Waals surface area (Å²) in [5, 5.41) is 5.44. The van der Waals surface area contributed by atoms with Gasteiger partial charge in [0, 0.05) is 47.7 Å². The van der Waals surface area contributed by atoms with E-state index in [1.165, 1.54) is 28.4 Å². The van der Waals surface area contributed by atoms with Gasteiger partial charge in [0.05, 0.1) is 11.8 Å².